The van der Waals surface area contributed by atoms with Crippen LogP contribution < -0.4 is 15.4 Å². The van der Waals surface area contributed by atoms with E-state index in [0.717, 1.165) is 32.0 Å². The summed E-state index contributed by atoms with van der Waals surface area (Å²) in [6.45, 7) is 8.04. The maximum Gasteiger partial charge on any atom is 0.208 e. The van der Waals surface area contributed by atoms with E-state index < -0.39 is 10.0 Å². The molecule has 0 aromatic heterocycles. The topological polar surface area (TPSA) is 85.8 Å². The fourth-order valence-corrected chi connectivity index (χ4v) is 3.80. The zero-order valence-electron chi connectivity index (χ0n) is 16.6. The van der Waals surface area contributed by atoms with Crippen LogP contribution in [0.25, 0.3) is 0 Å². The van der Waals surface area contributed by atoms with Crippen LogP contribution in [-0.2, 0) is 16.6 Å². The van der Waals surface area contributed by atoms with Gasteiger partial charge in [0.25, 0.3) is 0 Å². The zero-order chi connectivity index (χ0) is 19.7. The van der Waals surface area contributed by atoms with Gasteiger partial charge in [0.05, 0.1) is 6.26 Å². The van der Waals surface area contributed by atoms with E-state index in [1.54, 1.807) is 0 Å². The highest BCUT2D eigenvalue weighted by molar-refractivity contribution is 7.88. The van der Waals surface area contributed by atoms with Crippen LogP contribution in [-0.4, -0.2) is 63.8 Å². The van der Waals surface area contributed by atoms with Crippen molar-refractivity contribution in [3.63, 3.8) is 0 Å². The quantitative estimate of drug-likeness (QED) is 0.332. The Kier molecular flexibility index (Phi) is 8.53. The molecule has 0 bridgehead atoms. The standard InChI is InChI=1S/C19H33N5O2S/c1-4-20-19(21-11-8-12-22-27(3,25)26)23-18-13-16(2)24(15-18)14-17-9-6-5-7-10-17/h5-7,9-10,16,18,22H,4,8,11-15H2,1-3H3,(H2,20,21,23). The van der Waals surface area contributed by atoms with Crippen molar-refractivity contribution in [1.82, 2.24) is 20.3 Å². The zero-order valence-corrected chi connectivity index (χ0v) is 17.4. The van der Waals surface area contributed by atoms with Gasteiger partial charge in [-0.15, -0.1) is 0 Å². The monoisotopic (exact) mass is 395 g/mol. The van der Waals surface area contributed by atoms with E-state index in [9.17, 15) is 8.42 Å². The van der Waals surface area contributed by atoms with E-state index in [0.29, 0.717) is 31.6 Å². The number of hydrogen-bond acceptors (Lipinski definition) is 4. The van der Waals surface area contributed by atoms with Gasteiger partial charge in [0, 0.05) is 44.8 Å². The summed E-state index contributed by atoms with van der Waals surface area (Å²) in [6.07, 6.45) is 2.92. The molecule has 2 unspecified atom stereocenters. The van der Waals surface area contributed by atoms with Gasteiger partial charge in [-0.2, -0.15) is 0 Å². The molecule has 1 aromatic carbocycles. The van der Waals surface area contributed by atoms with Gasteiger partial charge in [0.15, 0.2) is 5.96 Å². The molecular formula is C19H33N5O2S. The molecule has 152 valence electrons. The van der Waals surface area contributed by atoms with Gasteiger partial charge in [-0.3, -0.25) is 9.89 Å². The number of hydrogen-bond donors (Lipinski definition) is 3. The lowest BCUT2D eigenvalue weighted by molar-refractivity contribution is 0.258. The van der Waals surface area contributed by atoms with Crippen molar-refractivity contribution in [3.8, 4) is 0 Å². The Morgan fingerprint density at radius 3 is 2.70 bits per heavy atom. The average Bonchev–Trinajstić information content (AvgIpc) is 2.94. The molecule has 7 nitrogen and oxygen atoms in total. The maximum atomic E-state index is 11.1. The minimum atomic E-state index is -3.13. The molecule has 8 heteroatoms. The average molecular weight is 396 g/mol. The Morgan fingerprint density at radius 1 is 1.30 bits per heavy atom. The molecule has 0 aliphatic carbocycles. The Balaban J connectivity index is 1.82. The van der Waals surface area contributed by atoms with E-state index in [1.165, 1.54) is 11.8 Å². The van der Waals surface area contributed by atoms with Gasteiger partial charge in [-0.1, -0.05) is 30.3 Å². The van der Waals surface area contributed by atoms with E-state index in [2.05, 4.69) is 56.4 Å². The van der Waals surface area contributed by atoms with Crippen LogP contribution in [0, 0.1) is 0 Å². The van der Waals surface area contributed by atoms with Crippen molar-refractivity contribution >= 4 is 16.0 Å². The number of likely N-dealkylation sites (tertiary alicyclic amines) is 1. The first-order valence-electron chi connectivity index (χ1n) is 9.65. The fraction of sp³-hybridized carbons (Fsp3) is 0.632. The Labute approximate surface area is 163 Å². The second kappa shape index (κ2) is 10.6. The molecule has 1 aromatic rings. The third-order valence-corrected chi connectivity index (χ3v) is 5.31. The Morgan fingerprint density at radius 2 is 2.04 bits per heavy atom. The van der Waals surface area contributed by atoms with Crippen molar-refractivity contribution in [2.24, 2.45) is 4.99 Å². The van der Waals surface area contributed by atoms with Gasteiger partial charge in [0.1, 0.15) is 0 Å². The van der Waals surface area contributed by atoms with Crippen LogP contribution in [0.3, 0.4) is 0 Å². The SMILES string of the molecule is CCNC(=NCCCNS(C)(=O)=O)NC1CC(C)N(Cc2ccccc2)C1. The highest BCUT2D eigenvalue weighted by Crippen LogP contribution is 2.20. The first-order valence-corrected chi connectivity index (χ1v) is 11.5. The van der Waals surface area contributed by atoms with Crippen molar-refractivity contribution in [1.29, 1.82) is 0 Å². The van der Waals surface area contributed by atoms with Crippen LogP contribution in [0.1, 0.15) is 32.3 Å². The molecule has 3 N–H and O–H groups in total. The molecule has 0 radical (unpaired) electrons. The second-order valence-electron chi connectivity index (χ2n) is 7.12. The minimum absolute atomic E-state index is 0.357. The predicted octanol–water partition coefficient (Wildman–Crippen LogP) is 1.14. The summed E-state index contributed by atoms with van der Waals surface area (Å²) < 4.78 is 24.6. The van der Waals surface area contributed by atoms with Crippen molar-refractivity contribution < 1.29 is 8.42 Å². The summed E-state index contributed by atoms with van der Waals surface area (Å²) >= 11 is 0. The molecule has 2 atom stereocenters. The van der Waals surface area contributed by atoms with Crippen LogP contribution >= 0.6 is 0 Å². The summed E-state index contributed by atoms with van der Waals surface area (Å²) in [7, 11) is -3.13. The largest absolute Gasteiger partial charge is 0.357 e. The highest BCUT2D eigenvalue weighted by atomic mass is 32.2. The lowest BCUT2D eigenvalue weighted by Crippen LogP contribution is -2.44. The number of rotatable bonds is 9. The number of guanidine groups is 1. The third-order valence-electron chi connectivity index (χ3n) is 4.59. The smallest absolute Gasteiger partial charge is 0.208 e. The Hall–Kier alpha value is -1.64. The predicted molar refractivity (Wildman–Crippen MR) is 111 cm³/mol. The lowest BCUT2D eigenvalue weighted by atomic mass is 10.2. The minimum Gasteiger partial charge on any atom is -0.357 e. The molecule has 0 spiro atoms. The normalized spacial score (nSPS) is 21.4. The third kappa shape index (κ3) is 8.28. The van der Waals surface area contributed by atoms with Crippen molar-refractivity contribution in [2.45, 2.75) is 45.3 Å². The lowest BCUT2D eigenvalue weighted by Gasteiger charge is -2.21. The first kappa shape index (κ1) is 21.7. The summed E-state index contributed by atoms with van der Waals surface area (Å²) in [5.74, 6) is 0.801. The van der Waals surface area contributed by atoms with Crippen LogP contribution in [0.5, 0.6) is 0 Å². The highest BCUT2D eigenvalue weighted by Gasteiger charge is 2.29. The van der Waals surface area contributed by atoms with Crippen LogP contribution in [0.2, 0.25) is 0 Å². The molecule has 1 fully saturated rings. The molecule has 0 saturated carbocycles. The van der Waals surface area contributed by atoms with Gasteiger partial charge >= 0.3 is 0 Å². The molecule has 1 heterocycles. The van der Waals surface area contributed by atoms with Gasteiger partial charge < -0.3 is 10.6 Å². The van der Waals surface area contributed by atoms with Gasteiger partial charge in [-0.25, -0.2) is 13.1 Å². The van der Waals surface area contributed by atoms with E-state index in [-0.39, 0.29) is 0 Å². The number of sulfonamides is 1. The van der Waals surface area contributed by atoms with Gasteiger partial charge in [-0.05, 0) is 32.3 Å². The molecule has 1 aliphatic rings. The summed E-state index contributed by atoms with van der Waals surface area (Å²) in [5.41, 5.74) is 1.34. The van der Waals surface area contributed by atoms with E-state index in [1.807, 2.05) is 13.0 Å². The van der Waals surface area contributed by atoms with Crippen LogP contribution in [0.15, 0.2) is 35.3 Å². The molecule has 27 heavy (non-hydrogen) atoms. The summed E-state index contributed by atoms with van der Waals surface area (Å²) in [5, 5.41) is 6.81. The Bertz CT molecular complexity index is 693. The van der Waals surface area contributed by atoms with Crippen molar-refractivity contribution in [3.05, 3.63) is 35.9 Å². The molecule has 1 aliphatic heterocycles. The molecule has 0 amide bonds. The van der Waals surface area contributed by atoms with Crippen LogP contribution in [0.4, 0.5) is 0 Å². The molecule has 1 saturated heterocycles. The van der Waals surface area contributed by atoms with Crippen molar-refractivity contribution in [2.75, 3.05) is 32.4 Å². The second-order valence-corrected chi connectivity index (χ2v) is 8.95. The number of nitrogens with zero attached hydrogens (tertiary/aromatic N) is 2. The van der Waals surface area contributed by atoms with E-state index >= 15 is 0 Å². The molecule has 2 rings (SSSR count). The van der Waals surface area contributed by atoms with Gasteiger partial charge in [0.2, 0.25) is 10.0 Å². The maximum absolute atomic E-state index is 11.1. The summed E-state index contributed by atoms with van der Waals surface area (Å²) in [4.78, 5) is 7.06. The fourth-order valence-electron chi connectivity index (χ4n) is 3.28. The number of benzene rings is 1. The summed E-state index contributed by atoms with van der Waals surface area (Å²) in [6, 6.07) is 11.4. The molecular weight excluding hydrogens is 362 g/mol. The number of nitrogens with one attached hydrogen (secondary N) is 3. The van der Waals surface area contributed by atoms with E-state index in [4.69, 9.17) is 0 Å². The first-order chi connectivity index (χ1) is 12.9. The number of aliphatic imine (C=N–C) groups is 1.